The van der Waals surface area contributed by atoms with Gasteiger partial charge in [0.25, 0.3) is 0 Å². The molecule has 0 aromatic heterocycles. The lowest BCUT2D eigenvalue weighted by Crippen LogP contribution is -2.34. The predicted octanol–water partition coefficient (Wildman–Crippen LogP) is 5.84. The second-order valence-corrected chi connectivity index (χ2v) is 7.59. The van der Waals surface area contributed by atoms with E-state index in [4.69, 9.17) is 0 Å². The first kappa shape index (κ1) is 16.3. The lowest BCUT2D eigenvalue weighted by molar-refractivity contribution is 0.130. The number of benzene rings is 4. The maximum Gasteiger partial charge on any atom is 0.0974 e. The highest BCUT2D eigenvalue weighted by Gasteiger charge is 2.50. The molecule has 0 spiro atoms. The van der Waals surface area contributed by atoms with Crippen LogP contribution in [0.4, 0.5) is 0 Å². The molecule has 4 aromatic rings. The molecule has 1 N–H and O–H groups in total. The van der Waals surface area contributed by atoms with E-state index in [-0.39, 0.29) is 0 Å². The molecule has 4 aromatic carbocycles. The lowest BCUT2D eigenvalue weighted by atomic mass is 9.66. The summed E-state index contributed by atoms with van der Waals surface area (Å²) in [6.45, 7) is 4.29. The summed E-state index contributed by atoms with van der Waals surface area (Å²) in [5.41, 5.74) is 6.38. The fourth-order valence-electron chi connectivity index (χ4n) is 5.07. The standard InChI is InChI=1S/C26H22O/c1-17-9-3-5-14-21(17)26(22-15-6-4-10-18(22)2)23-16-8-12-19-11-7-13-20(24(19)23)25(26)27/h3-16,25,27H,1-2H3. The molecular formula is C26H22O. The molecular weight excluding hydrogens is 328 g/mol. The fourth-order valence-corrected chi connectivity index (χ4v) is 5.07. The first-order chi connectivity index (χ1) is 13.2. The van der Waals surface area contributed by atoms with Crippen molar-refractivity contribution in [2.24, 2.45) is 0 Å². The molecule has 27 heavy (non-hydrogen) atoms. The minimum atomic E-state index is -0.624. The summed E-state index contributed by atoms with van der Waals surface area (Å²) < 4.78 is 0. The first-order valence-corrected chi connectivity index (χ1v) is 9.48. The third-order valence-electron chi connectivity index (χ3n) is 6.21. The summed E-state index contributed by atoms with van der Waals surface area (Å²) >= 11 is 0. The van der Waals surface area contributed by atoms with Gasteiger partial charge in [-0.2, -0.15) is 0 Å². The van der Waals surface area contributed by atoms with E-state index in [1.807, 2.05) is 0 Å². The van der Waals surface area contributed by atoms with Gasteiger partial charge in [-0.15, -0.1) is 0 Å². The topological polar surface area (TPSA) is 20.2 Å². The van der Waals surface area contributed by atoms with Crippen LogP contribution >= 0.6 is 0 Å². The minimum Gasteiger partial charge on any atom is -0.387 e. The van der Waals surface area contributed by atoms with Gasteiger partial charge in [0.1, 0.15) is 0 Å². The highest BCUT2D eigenvalue weighted by molar-refractivity contribution is 5.95. The van der Waals surface area contributed by atoms with Crippen LogP contribution < -0.4 is 0 Å². The van der Waals surface area contributed by atoms with Gasteiger partial charge in [-0.1, -0.05) is 84.9 Å². The third-order valence-corrected chi connectivity index (χ3v) is 6.21. The van der Waals surface area contributed by atoms with Crippen molar-refractivity contribution in [3.8, 4) is 0 Å². The first-order valence-electron chi connectivity index (χ1n) is 9.48. The summed E-state index contributed by atoms with van der Waals surface area (Å²) in [5, 5.41) is 14.2. The summed E-state index contributed by atoms with van der Waals surface area (Å²) in [7, 11) is 0. The van der Waals surface area contributed by atoms with E-state index in [9.17, 15) is 5.11 Å². The molecule has 1 nitrogen and oxygen atoms in total. The van der Waals surface area contributed by atoms with Gasteiger partial charge >= 0.3 is 0 Å². The zero-order valence-electron chi connectivity index (χ0n) is 15.6. The molecule has 1 unspecified atom stereocenters. The van der Waals surface area contributed by atoms with Crippen molar-refractivity contribution in [1.29, 1.82) is 0 Å². The molecule has 1 aliphatic rings. The highest BCUT2D eigenvalue weighted by atomic mass is 16.3. The van der Waals surface area contributed by atoms with Crippen LogP contribution in [-0.2, 0) is 5.41 Å². The van der Waals surface area contributed by atoms with Crippen LogP contribution in [0.5, 0.6) is 0 Å². The molecule has 1 heteroatoms. The Kier molecular flexibility index (Phi) is 3.50. The van der Waals surface area contributed by atoms with Crippen LogP contribution in [0.2, 0.25) is 0 Å². The predicted molar refractivity (Wildman–Crippen MR) is 111 cm³/mol. The van der Waals surface area contributed by atoms with E-state index < -0.39 is 11.5 Å². The zero-order chi connectivity index (χ0) is 18.6. The summed E-state index contributed by atoms with van der Waals surface area (Å²) in [6, 6.07) is 29.7. The second kappa shape index (κ2) is 5.80. The van der Waals surface area contributed by atoms with Crippen LogP contribution in [-0.4, -0.2) is 5.11 Å². The van der Waals surface area contributed by atoms with Gasteiger partial charge in [0, 0.05) is 0 Å². The van der Waals surface area contributed by atoms with Gasteiger partial charge in [-0.3, -0.25) is 0 Å². The summed E-state index contributed by atoms with van der Waals surface area (Å²) in [4.78, 5) is 0. The van der Waals surface area contributed by atoms with Crippen LogP contribution in [0.1, 0.15) is 39.5 Å². The minimum absolute atomic E-state index is 0.597. The normalized spacial score (nSPS) is 17.4. The zero-order valence-corrected chi connectivity index (χ0v) is 15.6. The fraction of sp³-hybridized carbons (Fsp3) is 0.154. The Balaban J connectivity index is 2.00. The quantitative estimate of drug-likeness (QED) is 0.482. The Hall–Kier alpha value is -2.90. The van der Waals surface area contributed by atoms with Crippen molar-refractivity contribution in [1.82, 2.24) is 0 Å². The van der Waals surface area contributed by atoms with Gasteiger partial charge in [0.2, 0.25) is 0 Å². The molecule has 0 saturated carbocycles. The van der Waals surface area contributed by atoms with E-state index >= 15 is 0 Å². The van der Waals surface area contributed by atoms with Crippen molar-refractivity contribution in [2.45, 2.75) is 25.4 Å². The van der Waals surface area contributed by atoms with Crippen LogP contribution in [0.3, 0.4) is 0 Å². The van der Waals surface area contributed by atoms with Crippen LogP contribution in [0.15, 0.2) is 84.9 Å². The van der Waals surface area contributed by atoms with Crippen molar-refractivity contribution >= 4 is 10.8 Å². The number of aliphatic hydroxyl groups is 1. The van der Waals surface area contributed by atoms with E-state index in [1.165, 1.54) is 38.6 Å². The molecule has 1 aliphatic carbocycles. The Morgan fingerprint density at radius 1 is 0.630 bits per heavy atom. The van der Waals surface area contributed by atoms with Gasteiger partial charge in [0.15, 0.2) is 0 Å². The highest BCUT2D eigenvalue weighted by Crippen LogP contribution is 2.57. The van der Waals surface area contributed by atoms with Gasteiger partial charge in [-0.05, 0) is 58.0 Å². The largest absolute Gasteiger partial charge is 0.387 e. The van der Waals surface area contributed by atoms with Crippen molar-refractivity contribution < 1.29 is 5.11 Å². The smallest absolute Gasteiger partial charge is 0.0974 e. The molecule has 0 radical (unpaired) electrons. The van der Waals surface area contributed by atoms with Crippen molar-refractivity contribution in [2.75, 3.05) is 0 Å². The number of hydrogen-bond acceptors (Lipinski definition) is 1. The molecule has 132 valence electrons. The number of aliphatic hydroxyl groups excluding tert-OH is 1. The van der Waals surface area contributed by atoms with E-state index in [2.05, 4.69) is 98.8 Å². The molecule has 0 amide bonds. The van der Waals surface area contributed by atoms with Crippen LogP contribution in [0, 0.1) is 13.8 Å². The Bertz CT molecular complexity index is 1120. The number of rotatable bonds is 2. The molecule has 5 rings (SSSR count). The van der Waals surface area contributed by atoms with Gasteiger partial charge in [0.05, 0.1) is 11.5 Å². The molecule has 0 bridgehead atoms. The molecule has 0 fully saturated rings. The molecule has 0 saturated heterocycles. The Morgan fingerprint density at radius 3 is 1.74 bits per heavy atom. The summed E-state index contributed by atoms with van der Waals surface area (Å²) in [6.07, 6.45) is -0.624. The lowest BCUT2D eigenvalue weighted by Gasteiger charge is -2.38. The van der Waals surface area contributed by atoms with E-state index in [0.717, 1.165) is 5.56 Å². The summed E-state index contributed by atoms with van der Waals surface area (Å²) in [5.74, 6) is 0. The monoisotopic (exact) mass is 350 g/mol. The van der Waals surface area contributed by atoms with Crippen molar-refractivity contribution in [3.63, 3.8) is 0 Å². The average Bonchev–Trinajstić information content (AvgIpc) is 2.94. The molecule has 1 atom stereocenters. The maximum atomic E-state index is 11.8. The van der Waals surface area contributed by atoms with Gasteiger partial charge < -0.3 is 5.11 Å². The number of hydrogen-bond donors (Lipinski definition) is 1. The SMILES string of the molecule is Cc1ccccc1C1(c2ccccc2C)c2cccc3cccc(c23)C1O. The molecule has 0 heterocycles. The molecule has 0 aliphatic heterocycles. The Morgan fingerprint density at radius 2 is 1.15 bits per heavy atom. The van der Waals surface area contributed by atoms with E-state index in [1.54, 1.807) is 0 Å². The van der Waals surface area contributed by atoms with Crippen molar-refractivity contribution in [3.05, 3.63) is 118 Å². The third kappa shape index (κ3) is 2.03. The van der Waals surface area contributed by atoms with E-state index in [0.29, 0.717) is 0 Å². The maximum absolute atomic E-state index is 11.8. The van der Waals surface area contributed by atoms with Gasteiger partial charge in [-0.25, -0.2) is 0 Å². The second-order valence-electron chi connectivity index (χ2n) is 7.59. The van der Waals surface area contributed by atoms with Crippen LogP contribution in [0.25, 0.3) is 10.8 Å². The Labute approximate surface area is 159 Å². The average molecular weight is 350 g/mol. The number of aryl methyl sites for hydroxylation is 2.